The van der Waals surface area contributed by atoms with E-state index in [1.807, 2.05) is 18.3 Å². The number of thiophene rings is 1. The Morgan fingerprint density at radius 1 is 1.15 bits per heavy atom. The van der Waals surface area contributed by atoms with E-state index in [1.54, 1.807) is 0 Å². The molecule has 0 spiro atoms. The number of hydrogen-bond acceptors (Lipinski definition) is 3. The molecule has 0 aliphatic rings. The van der Waals surface area contributed by atoms with E-state index < -0.39 is 0 Å². The van der Waals surface area contributed by atoms with Crippen LogP contribution in [0.1, 0.15) is 40.8 Å². The Kier molecular flexibility index (Phi) is 5.77. The Bertz CT molecular complexity index is 535. The molecule has 1 atom stereocenters. The molecule has 0 radical (unpaired) electrons. The molecular formula is C17H23NOS. The molecule has 2 rings (SSSR count). The molecule has 0 fully saturated rings. The largest absolute Gasteiger partial charge is 0.377 e. The zero-order chi connectivity index (χ0) is 14.4. The monoisotopic (exact) mass is 289 g/mol. The molecule has 20 heavy (non-hydrogen) atoms. The first-order valence-electron chi connectivity index (χ1n) is 7.15. The molecule has 0 aliphatic heterocycles. The van der Waals surface area contributed by atoms with Gasteiger partial charge in [0, 0.05) is 28.9 Å². The number of hydrogen-bond donors (Lipinski definition) is 1. The van der Waals surface area contributed by atoms with Gasteiger partial charge in [-0.05, 0) is 44.0 Å². The van der Waals surface area contributed by atoms with Crippen LogP contribution in [0.15, 0.2) is 36.4 Å². The van der Waals surface area contributed by atoms with Crippen molar-refractivity contribution in [2.75, 3.05) is 6.61 Å². The van der Waals surface area contributed by atoms with Crippen molar-refractivity contribution in [3.63, 3.8) is 0 Å². The number of aryl methyl sites for hydroxylation is 1. The molecule has 3 heteroatoms. The normalized spacial score (nSPS) is 12.6. The Balaban J connectivity index is 1.96. The molecule has 108 valence electrons. The van der Waals surface area contributed by atoms with Gasteiger partial charge in [-0.3, -0.25) is 0 Å². The van der Waals surface area contributed by atoms with Gasteiger partial charge in [-0.2, -0.15) is 0 Å². The summed E-state index contributed by atoms with van der Waals surface area (Å²) in [4.78, 5) is 2.76. The molecule has 0 amide bonds. The van der Waals surface area contributed by atoms with Crippen LogP contribution in [0, 0.1) is 6.92 Å². The zero-order valence-electron chi connectivity index (χ0n) is 12.5. The van der Waals surface area contributed by atoms with Gasteiger partial charge >= 0.3 is 0 Å². The Hall–Kier alpha value is -1.16. The third-order valence-electron chi connectivity index (χ3n) is 3.37. The minimum absolute atomic E-state index is 0.383. The molecule has 0 saturated heterocycles. The highest BCUT2D eigenvalue weighted by atomic mass is 32.1. The van der Waals surface area contributed by atoms with Crippen molar-refractivity contribution < 1.29 is 4.74 Å². The summed E-state index contributed by atoms with van der Waals surface area (Å²) >= 11 is 1.86. The molecule has 0 bridgehead atoms. The first-order chi connectivity index (χ1) is 9.70. The van der Waals surface area contributed by atoms with Gasteiger partial charge in [0.15, 0.2) is 0 Å². The lowest BCUT2D eigenvalue weighted by molar-refractivity contribution is 0.133. The average Bonchev–Trinajstić information content (AvgIpc) is 2.90. The molecule has 1 aromatic carbocycles. The van der Waals surface area contributed by atoms with Crippen LogP contribution in [-0.4, -0.2) is 6.61 Å². The Morgan fingerprint density at radius 3 is 2.55 bits per heavy atom. The maximum absolute atomic E-state index is 5.53. The fourth-order valence-electron chi connectivity index (χ4n) is 2.13. The van der Waals surface area contributed by atoms with Crippen LogP contribution in [0.4, 0.5) is 0 Å². The van der Waals surface area contributed by atoms with Gasteiger partial charge < -0.3 is 10.1 Å². The number of benzene rings is 1. The van der Waals surface area contributed by atoms with Crippen LogP contribution in [0.25, 0.3) is 0 Å². The standard InChI is InChI=1S/C17H23NOS/c1-4-19-12-16-8-6-5-7-15(16)11-18-14(3)17-10-9-13(2)20-17/h5-10,14,18H,4,11-12H2,1-3H3. The SMILES string of the molecule is CCOCc1ccccc1CNC(C)c1ccc(C)s1. The van der Waals surface area contributed by atoms with Crippen molar-refractivity contribution in [2.45, 2.75) is 40.0 Å². The lowest BCUT2D eigenvalue weighted by Gasteiger charge is -2.15. The van der Waals surface area contributed by atoms with Crippen LogP contribution in [-0.2, 0) is 17.9 Å². The third kappa shape index (κ3) is 4.17. The topological polar surface area (TPSA) is 21.3 Å². The van der Waals surface area contributed by atoms with E-state index >= 15 is 0 Å². The molecule has 0 aliphatic carbocycles. The van der Waals surface area contributed by atoms with Crippen LogP contribution >= 0.6 is 11.3 Å². The summed E-state index contributed by atoms with van der Waals surface area (Å²) in [5.41, 5.74) is 2.59. The van der Waals surface area contributed by atoms with Gasteiger partial charge in [0.2, 0.25) is 0 Å². The van der Waals surface area contributed by atoms with Crippen molar-refractivity contribution in [1.82, 2.24) is 5.32 Å². The van der Waals surface area contributed by atoms with Crippen LogP contribution in [0.2, 0.25) is 0 Å². The van der Waals surface area contributed by atoms with E-state index in [0.29, 0.717) is 12.6 Å². The summed E-state index contributed by atoms with van der Waals surface area (Å²) in [5, 5.41) is 3.60. The fourth-order valence-corrected chi connectivity index (χ4v) is 3.04. The maximum Gasteiger partial charge on any atom is 0.0719 e. The van der Waals surface area contributed by atoms with Gasteiger partial charge in [0.25, 0.3) is 0 Å². The smallest absolute Gasteiger partial charge is 0.0719 e. The Labute approximate surface area is 125 Å². The van der Waals surface area contributed by atoms with E-state index in [-0.39, 0.29) is 0 Å². The number of rotatable bonds is 7. The van der Waals surface area contributed by atoms with E-state index in [9.17, 15) is 0 Å². The first kappa shape index (κ1) is 15.2. The van der Waals surface area contributed by atoms with Crippen molar-refractivity contribution in [3.05, 3.63) is 57.3 Å². The zero-order valence-corrected chi connectivity index (χ0v) is 13.3. The predicted octanol–water partition coefficient (Wildman–Crippen LogP) is 4.44. The molecule has 1 unspecified atom stereocenters. The summed E-state index contributed by atoms with van der Waals surface area (Å²) in [6.45, 7) is 8.73. The minimum atomic E-state index is 0.383. The van der Waals surface area contributed by atoms with Crippen LogP contribution in [0.3, 0.4) is 0 Å². The van der Waals surface area contributed by atoms with Gasteiger partial charge in [-0.1, -0.05) is 24.3 Å². The van der Waals surface area contributed by atoms with Crippen LogP contribution < -0.4 is 5.32 Å². The minimum Gasteiger partial charge on any atom is -0.377 e. The summed E-state index contributed by atoms with van der Waals surface area (Å²) in [6, 6.07) is 13.3. The number of ether oxygens (including phenoxy) is 1. The number of nitrogens with one attached hydrogen (secondary N) is 1. The van der Waals surface area contributed by atoms with Crippen molar-refractivity contribution in [3.8, 4) is 0 Å². The molecule has 2 aromatic rings. The molecular weight excluding hydrogens is 266 g/mol. The quantitative estimate of drug-likeness (QED) is 0.813. The molecule has 1 N–H and O–H groups in total. The second kappa shape index (κ2) is 7.58. The molecule has 1 heterocycles. The van der Waals surface area contributed by atoms with E-state index in [2.05, 4.69) is 55.6 Å². The van der Waals surface area contributed by atoms with Gasteiger partial charge in [0.05, 0.1) is 6.61 Å². The van der Waals surface area contributed by atoms with Crippen molar-refractivity contribution in [1.29, 1.82) is 0 Å². The predicted molar refractivity (Wildman–Crippen MR) is 86.1 cm³/mol. The lowest BCUT2D eigenvalue weighted by atomic mass is 10.1. The molecule has 0 saturated carbocycles. The second-order valence-electron chi connectivity index (χ2n) is 4.96. The lowest BCUT2D eigenvalue weighted by Crippen LogP contribution is -2.18. The third-order valence-corrected chi connectivity index (χ3v) is 4.55. The molecule has 2 nitrogen and oxygen atoms in total. The average molecular weight is 289 g/mol. The van der Waals surface area contributed by atoms with E-state index in [4.69, 9.17) is 4.74 Å². The van der Waals surface area contributed by atoms with Gasteiger partial charge in [-0.15, -0.1) is 11.3 Å². The second-order valence-corrected chi connectivity index (χ2v) is 6.28. The summed E-state index contributed by atoms with van der Waals surface area (Å²) in [5.74, 6) is 0. The summed E-state index contributed by atoms with van der Waals surface area (Å²) in [6.07, 6.45) is 0. The highest BCUT2D eigenvalue weighted by Crippen LogP contribution is 2.23. The van der Waals surface area contributed by atoms with Gasteiger partial charge in [-0.25, -0.2) is 0 Å². The van der Waals surface area contributed by atoms with E-state index in [1.165, 1.54) is 20.9 Å². The van der Waals surface area contributed by atoms with Gasteiger partial charge in [0.1, 0.15) is 0 Å². The molecule has 1 aromatic heterocycles. The Morgan fingerprint density at radius 2 is 1.90 bits per heavy atom. The highest BCUT2D eigenvalue weighted by molar-refractivity contribution is 7.12. The summed E-state index contributed by atoms with van der Waals surface area (Å²) in [7, 11) is 0. The van der Waals surface area contributed by atoms with E-state index in [0.717, 1.165) is 13.2 Å². The van der Waals surface area contributed by atoms with Crippen molar-refractivity contribution in [2.24, 2.45) is 0 Å². The van der Waals surface area contributed by atoms with Crippen molar-refractivity contribution >= 4 is 11.3 Å². The maximum atomic E-state index is 5.53. The highest BCUT2D eigenvalue weighted by Gasteiger charge is 2.08. The summed E-state index contributed by atoms with van der Waals surface area (Å²) < 4.78 is 5.53. The van der Waals surface area contributed by atoms with Crippen LogP contribution in [0.5, 0.6) is 0 Å². The fraction of sp³-hybridized carbons (Fsp3) is 0.412. The first-order valence-corrected chi connectivity index (χ1v) is 7.96.